The third-order valence-corrected chi connectivity index (χ3v) is 7.42. The summed E-state index contributed by atoms with van der Waals surface area (Å²) in [6, 6.07) is 22.4. The van der Waals surface area contributed by atoms with Crippen LogP contribution in [0.1, 0.15) is 38.8 Å². The minimum atomic E-state index is -0.0928. The highest BCUT2D eigenvalue weighted by atomic mass is 15.0. The average Bonchev–Trinajstić information content (AvgIpc) is 2.80. The zero-order valence-electron chi connectivity index (χ0n) is 19.2. The highest BCUT2D eigenvalue weighted by Crippen LogP contribution is 2.44. The van der Waals surface area contributed by atoms with E-state index in [4.69, 9.17) is 0 Å². The SMILES string of the molecule is CC(C)C1(c2ccccc2)C=CC=CC1NC1C=CC=CC1(c1ccccc1)C(C)C. The molecule has 2 aliphatic rings. The monoisotopic (exact) mass is 409 g/mol. The number of allylic oxidation sites excluding steroid dienone is 4. The van der Waals surface area contributed by atoms with E-state index in [0.717, 1.165) is 0 Å². The molecule has 4 unspecified atom stereocenters. The molecule has 0 bridgehead atoms. The third kappa shape index (κ3) is 3.66. The van der Waals surface area contributed by atoms with Gasteiger partial charge in [0.2, 0.25) is 0 Å². The van der Waals surface area contributed by atoms with Gasteiger partial charge in [0.1, 0.15) is 0 Å². The van der Waals surface area contributed by atoms with Crippen LogP contribution in [0.15, 0.2) is 109 Å². The summed E-state index contributed by atoms with van der Waals surface area (Å²) in [5.41, 5.74) is 2.55. The molecule has 160 valence electrons. The number of rotatable bonds is 6. The van der Waals surface area contributed by atoms with Crippen LogP contribution in [0.3, 0.4) is 0 Å². The van der Waals surface area contributed by atoms with Crippen LogP contribution in [-0.4, -0.2) is 12.1 Å². The first-order valence-corrected chi connectivity index (χ1v) is 11.6. The van der Waals surface area contributed by atoms with E-state index in [1.807, 2.05) is 0 Å². The Morgan fingerprint density at radius 1 is 0.581 bits per heavy atom. The van der Waals surface area contributed by atoms with Crippen LogP contribution >= 0.6 is 0 Å². The topological polar surface area (TPSA) is 12.0 Å². The lowest BCUT2D eigenvalue weighted by molar-refractivity contribution is 0.242. The summed E-state index contributed by atoms with van der Waals surface area (Å²) in [6.07, 6.45) is 18.4. The molecule has 1 heteroatoms. The number of hydrogen-bond donors (Lipinski definition) is 1. The molecule has 0 saturated heterocycles. The van der Waals surface area contributed by atoms with Crippen molar-refractivity contribution in [1.29, 1.82) is 0 Å². The Labute approximate surface area is 188 Å². The van der Waals surface area contributed by atoms with Crippen molar-refractivity contribution in [3.63, 3.8) is 0 Å². The lowest BCUT2D eigenvalue weighted by Crippen LogP contribution is -2.59. The Balaban J connectivity index is 1.78. The van der Waals surface area contributed by atoms with Gasteiger partial charge in [-0.05, 0) is 23.0 Å². The highest BCUT2D eigenvalue weighted by molar-refractivity contribution is 5.44. The highest BCUT2D eigenvalue weighted by Gasteiger charge is 2.46. The molecule has 31 heavy (non-hydrogen) atoms. The normalized spacial score (nSPS) is 29.7. The maximum atomic E-state index is 4.12. The molecule has 1 N–H and O–H groups in total. The lowest BCUT2D eigenvalue weighted by atomic mass is 9.62. The van der Waals surface area contributed by atoms with Crippen molar-refractivity contribution in [3.8, 4) is 0 Å². The van der Waals surface area contributed by atoms with Crippen LogP contribution in [0, 0.1) is 11.8 Å². The second-order valence-electron chi connectivity index (χ2n) is 9.52. The van der Waals surface area contributed by atoms with E-state index in [0.29, 0.717) is 11.8 Å². The molecule has 0 saturated carbocycles. The molecule has 4 atom stereocenters. The predicted octanol–water partition coefficient (Wildman–Crippen LogP) is 6.75. The fourth-order valence-electron chi connectivity index (χ4n) is 5.66. The first-order chi connectivity index (χ1) is 15.0. The van der Waals surface area contributed by atoms with Gasteiger partial charge in [0.15, 0.2) is 0 Å². The Morgan fingerprint density at radius 3 is 1.32 bits per heavy atom. The van der Waals surface area contributed by atoms with Crippen LogP contribution < -0.4 is 5.32 Å². The van der Waals surface area contributed by atoms with E-state index >= 15 is 0 Å². The average molecular weight is 410 g/mol. The molecule has 0 fully saturated rings. The number of benzene rings is 2. The van der Waals surface area contributed by atoms with Crippen molar-refractivity contribution in [2.24, 2.45) is 11.8 Å². The molecule has 0 spiro atoms. The fourth-order valence-corrected chi connectivity index (χ4v) is 5.66. The molecule has 2 aromatic rings. The van der Waals surface area contributed by atoms with Gasteiger partial charge < -0.3 is 5.32 Å². The van der Waals surface area contributed by atoms with E-state index in [2.05, 4.69) is 142 Å². The third-order valence-electron chi connectivity index (χ3n) is 7.42. The Morgan fingerprint density at radius 2 is 0.968 bits per heavy atom. The minimum absolute atomic E-state index is 0.0928. The van der Waals surface area contributed by atoms with Crippen molar-refractivity contribution in [2.75, 3.05) is 0 Å². The van der Waals surface area contributed by atoms with Crippen LogP contribution in [0.4, 0.5) is 0 Å². The number of nitrogens with one attached hydrogen (secondary N) is 1. The summed E-state index contributed by atoms with van der Waals surface area (Å²) < 4.78 is 0. The van der Waals surface area contributed by atoms with Gasteiger partial charge in [0.25, 0.3) is 0 Å². The lowest BCUT2D eigenvalue weighted by Gasteiger charge is -2.49. The molecular weight excluding hydrogens is 374 g/mol. The van der Waals surface area contributed by atoms with Crippen molar-refractivity contribution in [1.82, 2.24) is 5.32 Å². The van der Waals surface area contributed by atoms with Gasteiger partial charge in [-0.3, -0.25) is 0 Å². The maximum absolute atomic E-state index is 4.12. The van der Waals surface area contributed by atoms with E-state index < -0.39 is 0 Å². The molecule has 0 aliphatic heterocycles. The van der Waals surface area contributed by atoms with Gasteiger partial charge in [-0.25, -0.2) is 0 Å². The van der Waals surface area contributed by atoms with E-state index in [1.54, 1.807) is 0 Å². The van der Waals surface area contributed by atoms with Gasteiger partial charge in [0.05, 0.1) is 0 Å². The fraction of sp³-hybridized carbons (Fsp3) is 0.333. The van der Waals surface area contributed by atoms with Crippen molar-refractivity contribution < 1.29 is 0 Å². The quantitative estimate of drug-likeness (QED) is 0.556. The Kier molecular flexibility index (Phi) is 6.16. The van der Waals surface area contributed by atoms with E-state index in [-0.39, 0.29) is 22.9 Å². The first kappa shape index (κ1) is 21.6. The van der Waals surface area contributed by atoms with Gasteiger partial charge in [-0.1, -0.05) is 137 Å². The molecule has 2 aliphatic carbocycles. The summed E-state index contributed by atoms with van der Waals surface area (Å²) in [6.45, 7) is 9.37. The van der Waals surface area contributed by atoms with Crippen LogP contribution in [-0.2, 0) is 10.8 Å². The molecule has 0 heterocycles. The van der Waals surface area contributed by atoms with Crippen LogP contribution in [0.2, 0.25) is 0 Å². The molecule has 4 rings (SSSR count). The first-order valence-electron chi connectivity index (χ1n) is 11.6. The predicted molar refractivity (Wildman–Crippen MR) is 133 cm³/mol. The molecular formula is C30H35N. The van der Waals surface area contributed by atoms with Crippen molar-refractivity contribution in [2.45, 2.75) is 50.6 Å². The van der Waals surface area contributed by atoms with E-state index in [1.165, 1.54) is 11.1 Å². The van der Waals surface area contributed by atoms with Crippen LogP contribution in [0.25, 0.3) is 0 Å². The smallest absolute Gasteiger partial charge is 0.0393 e. The van der Waals surface area contributed by atoms with Gasteiger partial charge in [-0.15, -0.1) is 0 Å². The zero-order chi connectivity index (χ0) is 21.9. The Bertz CT molecular complexity index is 898. The summed E-state index contributed by atoms with van der Waals surface area (Å²) in [5, 5.41) is 4.12. The van der Waals surface area contributed by atoms with Crippen LogP contribution in [0.5, 0.6) is 0 Å². The second kappa shape index (κ2) is 8.85. The molecule has 0 aromatic heterocycles. The molecule has 2 aromatic carbocycles. The summed E-state index contributed by atoms with van der Waals surface area (Å²) in [5.74, 6) is 0.892. The Hall–Kier alpha value is -2.64. The van der Waals surface area contributed by atoms with Gasteiger partial charge >= 0.3 is 0 Å². The largest absolute Gasteiger partial charge is 0.302 e. The summed E-state index contributed by atoms with van der Waals surface area (Å²) >= 11 is 0. The molecule has 0 amide bonds. The molecule has 0 radical (unpaired) electrons. The van der Waals surface area contributed by atoms with Gasteiger partial charge in [0, 0.05) is 22.9 Å². The van der Waals surface area contributed by atoms with E-state index in [9.17, 15) is 0 Å². The van der Waals surface area contributed by atoms with Gasteiger partial charge in [-0.2, -0.15) is 0 Å². The summed E-state index contributed by atoms with van der Waals surface area (Å²) in [7, 11) is 0. The number of hydrogen-bond acceptors (Lipinski definition) is 1. The van der Waals surface area contributed by atoms with Crippen molar-refractivity contribution >= 4 is 0 Å². The second-order valence-corrected chi connectivity index (χ2v) is 9.52. The standard InChI is InChI=1S/C30H35N/c1-23(2)29(25-15-7-5-8-16-25)21-13-11-19-27(29)31-28-20-12-14-22-30(28,24(3)4)26-17-9-6-10-18-26/h5-24,27-28,31H,1-4H3. The summed E-state index contributed by atoms with van der Waals surface area (Å²) in [4.78, 5) is 0. The van der Waals surface area contributed by atoms with Crippen molar-refractivity contribution in [3.05, 3.63) is 120 Å². The minimum Gasteiger partial charge on any atom is -0.302 e. The molecule has 1 nitrogen and oxygen atoms in total. The maximum Gasteiger partial charge on any atom is 0.0393 e. The zero-order valence-corrected chi connectivity index (χ0v) is 19.2.